The Bertz CT molecular complexity index is 421. The zero-order valence-electron chi connectivity index (χ0n) is 9.31. The van der Waals surface area contributed by atoms with E-state index in [9.17, 15) is 0 Å². The molecule has 0 aliphatic carbocycles. The van der Waals surface area contributed by atoms with Crippen molar-refractivity contribution in [3.63, 3.8) is 0 Å². The second-order valence-corrected chi connectivity index (χ2v) is 3.74. The average Bonchev–Trinajstić information content (AvgIpc) is 2.73. The number of nitrogens with zero attached hydrogens (tertiary/aromatic N) is 2. The highest BCUT2D eigenvalue weighted by molar-refractivity contribution is 5.69. The molecule has 0 spiro atoms. The Morgan fingerprint density at radius 3 is 3.19 bits per heavy atom. The number of imidazole rings is 1. The molecule has 0 saturated carbocycles. The number of ether oxygens (including phenoxy) is 1. The normalized spacial score (nSPS) is 13.1. The molecule has 3 N–H and O–H groups in total. The van der Waals surface area contributed by atoms with Crippen molar-refractivity contribution in [3.8, 4) is 0 Å². The molecular formula is C11H16N4O. The van der Waals surface area contributed by atoms with Crippen LogP contribution < -0.4 is 5.73 Å². The van der Waals surface area contributed by atoms with E-state index >= 15 is 0 Å². The van der Waals surface area contributed by atoms with Gasteiger partial charge in [-0.25, -0.2) is 9.97 Å². The first-order valence-electron chi connectivity index (χ1n) is 5.36. The van der Waals surface area contributed by atoms with Crippen molar-refractivity contribution in [2.45, 2.75) is 18.9 Å². The van der Waals surface area contributed by atoms with E-state index in [4.69, 9.17) is 10.5 Å². The number of methoxy groups -OCH3 is 1. The van der Waals surface area contributed by atoms with Crippen LogP contribution >= 0.6 is 0 Å². The smallest absolute Gasteiger partial charge is 0.177 e. The Kier molecular flexibility index (Phi) is 3.48. The summed E-state index contributed by atoms with van der Waals surface area (Å²) in [6.07, 6.45) is 3.51. The molecule has 2 rings (SSSR count). The van der Waals surface area contributed by atoms with E-state index in [1.165, 1.54) is 0 Å². The first kappa shape index (κ1) is 11.0. The summed E-state index contributed by atoms with van der Waals surface area (Å²) in [5.74, 6) is 0.796. The first-order valence-corrected chi connectivity index (χ1v) is 5.36. The molecule has 5 nitrogen and oxygen atoms in total. The van der Waals surface area contributed by atoms with Gasteiger partial charge < -0.3 is 15.5 Å². The fourth-order valence-corrected chi connectivity index (χ4v) is 1.62. The van der Waals surface area contributed by atoms with Crippen molar-refractivity contribution in [2.24, 2.45) is 5.73 Å². The first-order chi connectivity index (χ1) is 7.81. The molecule has 5 heteroatoms. The molecule has 0 saturated heterocycles. The van der Waals surface area contributed by atoms with E-state index in [1.807, 2.05) is 12.1 Å². The Morgan fingerprint density at radius 1 is 1.56 bits per heavy atom. The van der Waals surface area contributed by atoms with Gasteiger partial charge in [-0.05, 0) is 25.0 Å². The van der Waals surface area contributed by atoms with Crippen molar-refractivity contribution in [3.05, 3.63) is 24.2 Å². The summed E-state index contributed by atoms with van der Waals surface area (Å²) in [5.41, 5.74) is 7.67. The number of nitrogens with one attached hydrogen (secondary N) is 1. The fourth-order valence-electron chi connectivity index (χ4n) is 1.62. The second-order valence-electron chi connectivity index (χ2n) is 3.74. The number of hydrogen-bond acceptors (Lipinski definition) is 4. The largest absolute Gasteiger partial charge is 0.385 e. The number of pyridine rings is 1. The van der Waals surface area contributed by atoms with Crippen LogP contribution in [0.1, 0.15) is 24.7 Å². The van der Waals surface area contributed by atoms with E-state index in [0.717, 1.165) is 36.4 Å². The lowest BCUT2D eigenvalue weighted by Crippen LogP contribution is -2.12. The van der Waals surface area contributed by atoms with Gasteiger partial charge in [0.25, 0.3) is 0 Å². The summed E-state index contributed by atoms with van der Waals surface area (Å²) in [4.78, 5) is 11.7. The summed E-state index contributed by atoms with van der Waals surface area (Å²) < 4.78 is 4.99. The molecule has 1 unspecified atom stereocenters. The lowest BCUT2D eigenvalue weighted by molar-refractivity contribution is 0.190. The number of nitrogens with two attached hydrogens (primary N) is 1. The maximum atomic E-state index is 6.02. The predicted molar refractivity (Wildman–Crippen MR) is 61.9 cm³/mol. The Labute approximate surface area is 94.0 Å². The van der Waals surface area contributed by atoms with Gasteiger partial charge in [-0.3, -0.25) is 0 Å². The van der Waals surface area contributed by atoms with Crippen LogP contribution in [-0.2, 0) is 4.74 Å². The topological polar surface area (TPSA) is 76.8 Å². The van der Waals surface area contributed by atoms with Crippen molar-refractivity contribution >= 4 is 11.2 Å². The van der Waals surface area contributed by atoms with Crippen LogP contribution in [0.5, 0.6) is 0 Å². The van der Waals surface area contributed by atoms with Gasteiger partial charge in [-0.1, -0.05) is 0 Å². The van der Waals surface area contributed by atoms with Crippen LogP contribution in [0.25, 0.3) is 11.2 Å². The minimum atomic E-state index is -0.0793. The summed E-state index contributed by atoms with van der Waals surface area (Å²) in [7, 11) is 1.69. The molecule has 0 bridgehead atoms. The molecule has 0 aliphatic rings. The van der Waals surface area contributed by atoms with Gasteiger partial charge in [-0.2, -0.15) is 0 Å². The number of fused-ring (bicyclic) bond motifs is 1. The molecule has 0 aliphatic heterocycles. The maximum absolute atomic E-state index is 6.02. The highest BCUT2D eigenvalue weighted by Gasteiger charge is 2.10. The van der Waals surface area contributed by atoms with E-state index in [1.54, 1.807) is 13.3 Å². The summed E-state index contributed by atoms with van der Waals surface area (Å²) in [6.45, 7) is 0.728. The van der Waals surface area contributed by atoms with Crippen molar-refractivity contribution in [2.75, 3.05) is 13.7 Å². The highest BCUT2D eigenvalue weighted by atomic mass is 16.5. The molecule has 0 aromatic carbocycles. The maximum Gasteiger partial charge on any atom is 0.177 e. The van der Waals surface area contributed by atoms with Crippen molar-refractivity contribution in [1.82, 2.24) is 15.0 Å². The zero-order valence-corrected chi connectivity index (χ0v) is 9.31. The fraction of sp³-hybridized carbons (Fsp3) is 0.455. The minimum absolute atomic E-state index is 0.0793. The lowest BCUT2D eigenvalue weighted by atomic mass is 10.1. The summed E-state index contributed by atoms with van der Waals surface area (Å²) in [6, 6.07) is 3.74. The Balaban J connectivity index is 2.07. The second kappa shape index (κ2) is 5.05. The molecule has 2 aromatic heterocycles. The number of rotatable bonds is 5. The van der Waals surface area contributed by atoms with Crippen molar-refractivity contribution in [1.29, 1.82) is 0 Å². The van der Waals surface area contributed by atoms with Crippen LogP contribution in [-0.4, -0.2) is 28.7 Å². The third kappa shape index (κ3) is 2.37. The van der Waals surface area contributed by atoms with E-state index < -0.39 is 0 Å². The third-order valence-corrected chi connectivity index (χ3v) is 2.49. The monoisotopic (exact) mass is 220 g/mol. The Hall–Kier alpha value is -1.46. The minimum Gasteiger partial charge on any atom is -0.385 e. The molecule has 1 atom stereocenters. The van der Waals surface area contributed by atoms with E-state index in [2.05, 4.69) is 15.0 Å². The van der Waals surface area contributed by atoms with Crippen LogP contribution in [0.3, 0.4) is 0 Å². The van der Waals surface area contributed by atoms with Gasteiger partial charge in [0.1, 0.15) is 5.82 Å². The van der Waals surface area contributed by atoms with Crippen LogP contribution in [0.4, 0.5) is 0 Å². The summed E-state index contributed by atoms with van der Waals surface area (Å²) >= 11 is 0. The molecule has 2 aromatic rings. The molecule has 0 fully saturated rings. The quantitative estimate of drug-likeness (QED) is 0.746. The summed E-state index contributed by atoms with van der Waals surface area (Å²) in [5, 5.41) is 0. The van der Waals surface area contributed by atoms with Gasteiger partial charge >= 0.3 is 0 Å². The number of H-pyrrole nitrogens is 1. The van der Waals surface area contributed by atoms with Gasteiger partial charge in [0.05, 0.1) is 11.6 Å². The van der Waals surface area contributed by atoms with Gasteiger partial charge in [0.15, 0.2) is 5.65 Å². The molecule has 0 amide bonds. The van der Waals surface area contributed by atoms with Gasteiger partial charge in [0.2, 0.25) is 0 Å². The number of aromatic nitrogens is 3. The number of hydrogen-bond donors (Lipinski definition) is 2. The van der Waals surface area contributed by atoms with Gasteiger partial charge in [0, 0.05) is 19.9 Å². The predicted octanol–water partition coefficient (Wildman–Crippen LogP) is 1.38. The van der Waals surface area contributed by atoms with E-state index in [-0.39, 0.29) is 6.04 Å². The Morgan fingerprint density at radius 2 is 2.44 bits per heavy atom. The van der Waals surface area contributed by atoms with Crippen LogP contribution in [0.2, 0.25) is 0 Å². The van der Waals surface area contributed by atoms with E-state index in [0.29, 0.717) is 0 Å². The zero-order chi connectivity index (χ0) is 11.4. The lowest BCUT2D eigenvalue weighted by Gasteiger charge is -2.07. The van der Waals surface area contributed by atoms with Crippen LogP contribution in [0.15, 0.2) is 18.3 Å². The number of aromatic amines is 1. The standard InChI is InChI=1S/C11H16N4O/c1-16-7-3-4-8(12)10-14-9-5-2-6-13-11(9)15-10/h2,5-6,8H,3-4,7,12H2,1H3,(H,13,14,15). The molecule has 86 valence electrons. The molecule has 0 radical (unpaired) electrons. The van der Waals surface area contributed by atoms with Crippen LogP contribution in [0, 0.1) is 0 Å². The van der Waals surface area contributed by atoms with Gasteiger partial charge in [-0.15, -0.1) is 0 Å². The third-order valence-electron chi connectivity index (χ3n) is 2.49. The SMILES string of the molecule is COCCCC(N)c1nc2ncccc2[nH]1. The van der Waals surface area contributed by atoms with Crippen molar-refractivity contribution < 1.29 is 4.74 Å². The average molecular weight is 220 g/mol. The highest BCUT2D eigenvalue weighted by Crippen LogP contribution is 2.15. The molecule has 16 heavy (non-hydrogen) atoms. The molecule has 2 heterocycles. The molecular weight excluding hydrogens is 204 g/mol.